The van der Waals surface area contributed by atoms with E-state index in [1.54, 1.807) is 14.0 Å². The monoisotopic (exact) mass is 239 g/mol. The number of rotatable bonds is 5. The van der Waals surface area contributed by atoms with Gasteiger partial charge in [0.15, 0.2) is 0 Å². The standard InChI is InChI=1S/C12H17NO4/c1-9(14)8-17-12(15)13-7-10-3-5-11(16-2)6-4-10/h3-6,9,14H,7-8H2,1-2H3,(H,13,15). The van der Waals surface area contributed by atoms with Gasteiger partial charge in [0, 0.05) is 6.54 Å². The molecule has 5 heteroatoms. The number of carbonyl (C=O) groups excluding carboxylic acids is 1. The number of methoxy groups -OCH3 is 1. The van der Waals surface area contributed by atoms with Crippen molar-refractivity contribution in [1.29, 1.82) is 0 Å². The van der Waals surface area contributed by atoms with Gasteiger partial charge in [0.05, 0.1) is 13.2 Å². The van der Waals surface area contributed by atoms with E-state index >= 15 is 0 Å². The average molecular weight is 239 g/mol. The summed E-state index contributed by atoms with van der Waals surface area (Å²) in [6.45, 7) is 1.92. The largest absolute Gasteiger partial charge is 0.497 e. The molecule has 17 heavy (non-hydrogen) atoms. The van der Waals surface area contributed by atoms with Gasteiger partial charge in [-0.15, -0.1) is 0 Å². The molecule has 0 bridgehead atoms. The molecular formula is C12H17NO4. The van der Waals surface area contributed by atoms with Crippen LogP contribution in [0.2, 0.25) is 0 Å². The van der Waals surface area contributed by atoms with E-state index in [9.17, 15) is 4.79 Å². The van der Waals surface area contributed by atoms with Gasteiger partial charge in [-0.25, -0.2) is 4.79 Å². The minimum absolute atomic E-state index is 0.00551. The van der Waals surface area contributed by atoms with Gasteiger partial charge < -0.3 is 19.9 Å². The molecule has 0 spiro atoms. The van der Waals surface area contributed by atoms with Crippen LogP contribution in [0.15, 0.2) is 24.3 Å². The zero-order valence-electron chi connectivity index (χ0n) is 9.97. The highest BCUT2D eigenvalue weighted by atomic mass is 16.6. The highest BCUT2D eigenvalue weighted by Gasteiger charge is 2.04. The summed E-state index contributed by atoms with van der Waals surface area (Å²) in [4.78, 5) is 11.2. The topological polar surface area (TPSA) is 67.8 Å². The Labute approximate surface area is 100 Å². The number of hydrogen-bond acceptors (Lipinski definition) is 4. The van der Waals surface area contributed by atoms with Crippen molar-refractivity contribution >= 4 is 6.09 Å². The highest BCUT2D eigenvalue weighted by molar-refractivity contribution is 5.67. The van der Waals surface area contributed by atoms with Crippen molar-refractivity contribution in [3.8, 4) is 5.75 Å². The zero-order chi connectivity index (χ0) is 12.7. The molecule has 1 aromatic carbocycles. The maximum Gasteiger partial charge on any atom is 0.407 e. The number of amides is 1. The lowest BCUT2D eigenvalue weighted by molar-refractivity contribution is 0.0778. The molecule has 0 saturated carbocycles. The summed E-state index contributed by atoms with van der Waals surface area (Å²) in [5.41, 5.74) is 0.944. The number of ether oxygens (including phenoxy) is 2. The number of benzene rings is 1. The Balaban J connectivity index is 2.31. The van der Waals surface area contributed by atoms with Gasteiger partial charge in [-0.1, -0.05) is 12.1 Å². The van der Waals surface area contributed by atoms with Gasteiger partial charge >= 0.3 is 6.09 Å². The van der Waals surface area contributed by atoms with Crippen LogP contribution in [0.25, 0.3) is 0 Å². The molecule has 94 valence electrons. The molecule has 1 atom stereocenters. The van der Waals surface area contributed by atoms with Gasteiger partial charge in [0.1, 0.15) is 12.4 Å². The second-order valence-electron chi connectivity index (χ2n) is 3.65. The van der Waals surface area contributed by atoms with Crippen molar-refractivity contribution in [2.45, 2.75) is 19.6 Å². The third-order valence-electron chi connectivity index (χ3n) is 2.05. The molecule has 0 aliphatic rings. The van der Waals surface area contributed by atoms with E-state index in [2.05, 4.69) is 5.32 Å². The van der Waals surface area contributed by atoms with E-state index in [4.69, 9.17) is 14.6 Å². The van der Waals surface area contributed by atoms with Crippen molar-refractivity contribution in [1.82, 2.24) is 5.32 Å². The van der Waals surface area contributed by atoms with Gasteiger partial charge in [-0.3, -0.25) is 0 Å². The van der Waals surface area contributed by atoms with E-state index in [0.29, 0.717) is 6.54 Å². The van der Waals surface area contributed by atoms with Crippen LogP contribution in [-0.4, -0.2) is 31.0 Å². The minimum atomic E-state index is -0.651. The molecule has 1 amide bonds. The van der Waals surface area contributed by atoms with Crippen LogP contribution < -0.4 is 10.1 Å². The number of carbonyl (C=O) groups is 1. The number of aliphatic hydroxyl groups is 1. The molecule has 0 radical (unpaired) electrons. The summed E-state index contributed by atoms with van der Waals surface area (Å²) >= 11 is 0. The third kappa shape index (κ3) is 5.21. The van der Waals surface area contributed by atoms with Crippen molar-refractivity contribution < 1.29 is 19.4 Å². The van der Waals surface area contributed by atoms with Crippen molar-refractivity contribution in [3.05, 3.63) is 29.8 Å². The van der Waals surface area contributed by atoms with E-state index in [1.165, 1.54) is 0 Å². The molecule has 0 saturated heterocycles. The van der Waals surface area contributed by atoms with Crippen molar-refractivity contribution in [3.63, 3.8) is 0 Å². The molecular weight excluding hydrogens is 222 g/mol. The molecule has 0 aromatic heterocycles. The Morgan fingerprint density at radius 1 is 1.41 bits per heavy atom. The summed E-state index contributed by atoms with van der Waals surface area (Å²) in [5.74, 6) is 0.769. The zero-order valence-corrected chi connectivity index (χ0v) is 9.97. The number of hydrogen-bond donors (Lipinski definition) is 2. The van der Waals surface area contributed by atoms with Crippen LogP contribution in [0.3, 0.4) is 0 Å². The molecule has 0 fully saturated rings. The Morgan fingerprint density at radius 2 is 2.06 bits per heavy atom. The average Bonchev–Trinajstić information content (AvgIpc) is 2.34. The van der Waals surface area contributed by atoms with Crippen molar-refractivity contribution in [2.75, 3.05) is 13.7 Å². The first-order valence-electron chi connectivity index (χ1n) is 5.33. The number of alkyl carbamates (subject to hydrolysis) is 1. The van der Waals surface area contributed by atoms with Gasteiger partial charge in [-0.2, -0.15) is 0 Å². The molecule has 0 aliphatic heterocycles. The lowest BCUT2D eigenvalue weighted by Gasteiger charge is -2.08. The second kappa shape index (κ2) is 6.75. The summed E-state index contributed by atoms with van der Waals surface area (Å²) in [6.07, 6.45) is -1.19. The number of aliphatic hydroxyl groups excluding tert-OH is 1. The van der Waals surface area contributed by atoms with E-state index in [-0.39, 0.29) is 6.61 Å². The predicted octanol–water partition coefficient (Wildman–Crippen LogP) is 1.30. The predicted molar refractivity (Wildman–Crippen MR) is 62.9 cm³/mol. The normalized spacial score (nSPS) is 11.7. The van der Waals surface area contributed by atoms with Gasteiger partial charge in [-0.05, 0) is 24.6 Å². The van der Waals surface area contributed by atoms with Crippen LogP contribution in [0.4, 0.5) is 4.79 Å². The SMILES string of the molecule is COc1ccc(CNC(=O)OCC(C)O)cc1. The molecule has 2 N–H and O–H groups in total. The van der Waals surface area contributed by atoms with E-state index in [0.717, 1.165) is 11.3 Å². The lowest BCUT2D eigenvalue weighted by atomic mass is 10.2. The Bertz CT molecular complexity index is 348. The van der Waals surface area contributed by atoms with Crippen LogP contribution >= 0.6 is 0 Å². The first-order chi connectivity index (χ1) is 8.11. The van der Waals surface area contributed by atoms with E-state index < -0.39 is 12.2 Å². The van der Waals surface area contributed by atoms with Crippen molar-refractivity contribution in [2.24, 2.45) is 0 Å². The molecule has 1 unspecified atom stereocenters. The molecule has 5 nitrogen and oxygen atoms in total. The first-order valence-corrected chi connectivity index (χ1v) is 5.33. The third-order valence-corrected chi connectivity index (χ3v) is 2.05. The quantitative estimate of drug-likeness (QED) is 0.812. The fraction of sp³-hybridized carbons (Fsp3) is 0.417. The smallest absolute Gasteiger partial charge is 0.407 e. The summed E-state index contributed by atoms with van der Waals surface area (Å²) < 4.78 is 9.77. The number of nitrogens with one attached hydrogen (secondary N) is 1. The summed E-state index contributed by atoms with van der Waals surface area (Å²) in [7, 11) is 1.60. The van der Waals surface area contributed by atoms with Crippen LogP contribution in [-0.2, 0) is 11.3 Å². The lowest BCUT2D eigenvalue weighted by Crippen LogP contribution is -2.26. The Morgan fingerprint density at radius 3 is 2.59 bits per heavy atom. The summed E-state index contributed by atoms with van der Waals surface area (Å²) in [5, 5.41) is 11.5. The van der Waals surface area contributed by atoms with E-state index in [1.807, 2.05) is 24.3 Å². The fourth-order valence-corrected chi connectivity index (χ4v) is 1.16. The van der Waals surface area contributed by atoms with Crippen LogP contribution in [0.1, 0.15) is 12.5 Å². The van der Waals surface area contributed by atoms with Crippen LogP contribution in [0, 0.1) is 0 Å². The maximum atomic E-state index is 11.2. The first kappa shape index (κ1) is 13.3. The Kier molecular flexibility index (Phi) is 5.29. The highest BCUT2D eigenvalue weighted by Crippen LogP contribution is 2.10. The van der Waals surface area contributed by atoms with Gasteiger partial charge in [0.2, 0.25) is 0 Å². The minimum Gasteiger partial charge on any atom is -0.497 e. The fourth-order valence-electron chi connectivity index (χ4n) is 1.16. The second-order valence-corrected chi connectivity index (χ2v) is 3.65. The molecule has 0 heterocycles. The van der Waals surface area contributed by atoms with Crippen LogP contribution in [0.5, 0.6) is 5.75 Å². The Hall–Kier alpha value is -1.75. The summed E-state index contributed by atoms with van der Waals surface area (Å²) in [6, 6.07) is 7.35. The molecule has 0 aliphatic carbocycles. The molecule has 1 rings (SSSR count). The maximum absolute atomic E-state index is 11.2. The van der Waals surface area contributed by atoms with Gasteiger partial charge in [0.25, 0.3) is 0 Å². The molecule has 1 aromatic rings.